The molecule has 0 aliphatic heterocycles. The summed E-state index contributed by atoms with van der Waals surface area (Å²) in [6.45, 7) is 0.313. The molecule has 1 N–H and O–H groups in total. The van der Waals surface area contributed by atoms with Gasteiger partial charge in [-0.05, 0) is 61.4 Å². The van der Waals surface area contributed by atoms with Crippen molar-refractivity contribution < 1.29 is 17.9 Å². The Morgan fingerprint density at radius 2 is 1.50 bits per heavy atom. The predicted octanol–water partition coefficient (Wildman–Crippen LogP) is 4.18. The van der Waals surface area contributed by atoms with Crippen LogP contribution in [0.15, 0.2) is 63.7 Å². The lowest BCUT2D eigenvalue weighted by molar-refractivity contribution is -0.140. The van der Waals surface area contributed by atoms with Crippen molar-refractivity contribution >= 4 is 33.1 Å². The number of sulfonamides is 1. The Morgan fingerprint density at radius 1 is 0.933 bits per heavy atom. The second-order valence-electron chi connectivity index (χ2n) is 6.89. The largest absolute Gasteiger partial charge is 0.469 e. The summed E-state index contributed by atoms with van der Waals surface area (Å²) in [5.74, 6) is -0.251. The van der Waals surface area contributed by atoms with E-state index in [9.17, 15) is 13.2 Å². The van der Waals surface area contributed by atoms with Gasteiger partial charge in [-0.25, -0.2) is 13.1 Å². The standard InChI is InChI=1S/C21H28N4O4S/c1-25(2)19-12-8-17(9-13-19)23-24-18-10-14-20(15-11-18)30(27,28)22-16-6-4-5-7-21(26)29-3/h8-15,22H,4-7,16H2,1-3H3. The van der Waals surface area contributed by atoms with Crippen molar-refractivity contribution in [1.29, 1.82) is 0 Å². The summed E-state index contributed by atoms with van der Waals surface area (Å²) in [6.07, 6.45) is 2.41. The number of esters is 1. The lowest BCUT2D eigenvalue weighted by Crippen LogP contribution is -2.24. The van der Waals surface area contributed by atoms with Crippen molar-refractivity contribution in [2.75, 3.05) is 32.6 Å². The first-order valence-corrected chi connectivity index (χ1v) is 11.2. The number of rotatable bonds is 11. The summed E-state index contributed by atoms with van der Waals surface area (Å²) in [5.41, 5.74) is 2.35. The maximum Gasteiger partial charge on any atom is 0.305 e. The molecule has 0 saturated heterocycles. The molecule has 30 heavy (non-hydrogen) atoms. The number of hydrogen-bond donors (Lipinski definition) is 1. The van der Waals surface area contributed by atoms with Gasteiger partial charge in [0.25, 0.3) is 0 Å². The minimum Gasteiger partial charge on any atom is -0.469 e. The molecule has 2 rings (SSSR count). The Balaban J connectivity index is 1.85. The van der Waals surface area contributed by atoms with Gasteiger partial charge < -0.3 is 9.64 Å². The van der Waals surface area contributed by atoms with E-state index in [-0.39, 0.29) is 10.9 Å². The molecule has 2 aromatic rings. The molecule has 0 unspecified atom stereocenters. The third-order valence-electron chi connectivity index (χ3n) is 4.37. The van der Waals surface area contributed by atoms with Gasteiger partial charge in [-0.1, -0.05) is 6.42 Å². The first kappa shape index (κ1) is 23.5. The van der Waals surface area contributed by atoms with Gasteiger partial charge in [-0.15, -0.1) is 0 Å². The number of methoxy groups -OCH3 is 1. The highest BCUT2D eigenvalue weighted by molar-refractivity contribution is 7.89. The van der Waals surface area contributed by atoms with E-state index in [4.69, 9.17) is 0 Å². The maximum atomic E-state index is 12.4. The SMILES string of the molecule is COC(=O)CCCCCNS(=O)(=O)c1ccc(N=Nc2ccc(N(C)C)cc2)cc1. The molecule has 162 valence electrons. The van der Waals surface area contributed by atoms with Crippen LogP contribution in [0.25, 0.3) is 0 Å². The van der Waals surface area contributed by atoms with E-state index in [0.29, 0.717) is 37.2 Å². The molecule has 0 radical (unpaired) electrons. The zero-order valence-corrected chi connectivity index (χ0v) is 18.4. The van der Waals surface area contributed by atoms with Gasteiger partial charge in [0.1, 0.15) is 0 Å². The van der Waals surface area contributed by atoms with Gasteiger partial charge in [0.2, 0.25) is 10.0 Å². The molecule has 0 amide bonds. The first-order chi connectivity index (χ1) is 14.3. The van der Waals surface area contributed by atoms with Crippen LogP contribution < -0.4 is 9.62 Å². The normalized spacial score (nSPS) is 11.6. The second-order valence-corrected chi connectivity index (χ2v) is 8.66. The number of ether oxygens (including phenoxy) is 1. The van der Waals surface area contributed by atoms with Crippen LogP contribution in [0.3, 0.4) is 0 Å². The Bertz CT molecular complexity index is 940. The quantitative estimate of drug-likeness (QED) is 0.326. The molecule has 0 spiro atoms. The summed E-state index contributed by atoms with van der Waals surface area (Å²) in [6, 6.07) is 13.9. The topological polar surface area (TPSA) is 100 Å². The zero-order chi connectivity index (χ0) is 22.0. The third-order valence-corrected chi connectivity index (χ3v) is 5.85. The highest BCUT2D eigenvalue weighted by atomic mass is 32.2. The van der Waals surface area contributed by atoms with Crippen molar-refractivity contribution in [2.24, 2.45) is 10.2 Å². The monoisotopic (exact) mass is 432 g/mol. The molecule has 0 bridgehead atoms. The minimum atomic E-state index is -3.58. The van der Waals surface area contributed by atoms with E-state index < -0.39 is 10.0 Å². The summed E-state index contributed by atoms with van der Waals surface area (Å²) >= 11 is 0. The fourth-order valence-electron chi connectivity index (χ4n) is 2.59. The molecule has 9 heteroatoms. The van der Waals surface area contributed by atoms with Gasteiger partial charge in [-0.3, -0.25) is 4.79 Å². The van der Waals surface area contributed by atoms with Crippen LogP contribution in [0.2, 0.25) is 0 Å². The van der Waals surface area contributed by atoms with Crippen LogP contribution in [0.4, 0.5) is 17.1 Å². The molecule has 0 aliphatic rings. The van der Waals surface area contributed by atoms with Crippen molar-refractivity contribution in [3.8, 4) is 0 Å². The summed E-state index contributed by atoms with van der Waals surface area (Å²) in [5, 5.41) is 8.32. The molecule has 0 aliphatic carbocycles. The Labute approximate surface area is 178 Å². The number of hydrogen-bond acceptors (Lipinski definition) is 7. The molecule has 2 aromatic carbocycles. The Morgan fingerprint density at radius 3 is 2.03 bits per heavy atom. The molecular formula is C21H28N4O4S. The molecule has 0 heterocycles. The molecule has 0 saturated carbocycles. The van der Waals surface area contributed by atoms with Crippen LogP contribution >= 0.6 is 0 Å². The van der Waals surface area contributed by atoms with Crippen molar-refractivity contribution in [1.82, 2.24) is 4.72 Å². The lowest BCUT2D eigenvalue weighted by atomic mass is 10.2. The first-order valence-electron chi connectivity index (χ1n) is 9.67. The summed E-state index contributed by atoms with van der Waals surface area (Å²) < 4.78 is 31.8. The van der Waals surface area contributed by atoms with E-state index in [1.807, 2.05) is 43.3 Å². The lowest BCUT2D eigenvalue weighted by Gasteiger charge is -2.11. The highest BCUT2D eigenvalue weighted by Crippen LogP contribution is 2.22. The van der Waals surface area contributed by atoms with Gasteiger partial charge in [0, 0.05) is 32.7 Å². The fraction of sp³-hybridized carbons (Fsp3) is 0.381. The van der Waals surface area contributed by atoms with Crippen LogP contribution in [0.1, 0.15) is 25.7 Å². The molecule has 8 nitrogen and oxygen atoms in total. The number of benzene rings is 2. The van der Waals surface area contributed by atoms with Crippen LogP contribution in [0.5, 0.6) is 0 Å². The Hall–Kier alpha value is -2.78. The molecule has 0 fully saturated rings. The molecular weight excluding hydrogens is 404 g/mol. The van der Waals surface area contributed by atoms with E-state index in [2.05, 4.69) is 19.7 Å². The summed E-state index contributed by atoms with van der Waals surface area (Å²) in [4.78, 5) is 13.2. The van der Waals surface area contributed by atoms with Crippen molar-refractivity contribution in [2.45, 2.75) is 30.6 Å². The number of unbranched alkanes of at least 4 members (excludes halogenated alkanes) is 2. The van der Waals surface area contributed by atoms with Gasteiger partial charge in [-0.2, -0.15) is 10.2 Å². The number of anilines is 1. The average molecular weight is 433 g/mol. The van der Waals surface area contributed by atoms with E-state index in [1.54, 1.807) is 12.1 Å². The van der Waals surface area contributed by atoms with Gasteiger partial charge >= 0.3 is 5.97 Å². The van der Waals surface area contributed by atoms with Gasteiger partial charge in [0.05, 0.1) is 23.4 Å². The van der Waals surface area contributed by atoms with Crippen LogP contribution in [0, 0.1) is 0 Å². The maximum absolute atomic E-state index is 12.4. The number of nitrogens with zero attached hydrogens (tertiary/aromatic N) is 3. The molecule has 0 aromatic heterocycles. The van der Waals surface area contributed by atoms with E-state index in [0.717, 1.165) is 12.1 Å². The zero-order valence-electron chi connectivity index (χ0n) is 17.5. The number of azo groups is 1. The predicted molar refractivity (Wildman–Crippen MR) is 117 cm³/mol. The highest BCUT2D eigenvalue weighted by Gasteiger charge is 2.13. The van der Waals surface area contributed by atoms with Gasteiger partial charge in [0.15, 0.2) is 0 Å². The Kier molecular flexibility index (Phi) is 8.94. The molecule has 0 atom stereocenters. The van der Waals surface area contributed by atoms with Crippen LogP contribution in [-0.2, 0) is 19.6 Å². The summed E-state index contributed by atoms with van der Waals surface area (Å²) in [7, 11) is 1.70. The number of carbonyl (C=O) groups excluding carboxylic acids is 1. The minimum absolute atomic E-state index is 0.173. The number of carbonyl (C=O) groups is 1. The number of nitrogens with one attached hydrogen (secondary N) is 1. The fourth-order valence-corrected chi connectivity index (χ4v) is 3.66. The van der Waals surface area contributed by atoms with E-state index >= 15 is 0 Å². The average Bonchev–Trinajstić information content (AvgIpc) is 2.75. The van der Waals surface area contributed by atoms with E-state index in [1.165, 1.54) is 19.2 Å². The van der Waals surface area contributed by atoms with Crippen LogP contribution in [-0.4, -0.2) is 42.1 Å². The third kappa shape index (κ3) is 7.57. The smallest absolute Gasteiger partial charge is 0.305 e. The van der Waals surface area contributed by atoms with Crippen molar-refractivity contribution in [3.05, 3.63) is 48.5 Å². The van der Waals surface area contributed by atoms with Crippen molar-refractivity contribution in [3.63, 3.8) is 0 Å². The second kappa shape index (κ2) is 11.4.